The van der Waals surface area contributed by atoms with Gasteiger partial charge in [-0.05, 0) is 80.6 Å². The highest BCUT2D eigenvalue weighted by Crippen LogP contribution is 2.37. The fraction of sp³-hybridized carbons (Fsp3) is 0.759. The van der Waals surface area contributed by atoms with Crippen molar-refractivity contribution in [3.05, 3.63) is 34.0 Å². The zero-order valence-electron chi connectivity index (χ0n) is 22.7. The fourth-order valence-corrected chi connectivity index (χ4v) is 6.28. The van der Waals surface area contributed by atoms with Gasteiger partial charge in [-0.3, -0.25) is 9.89 Å². The standard InChI is InChI=1S/C29H48ClN5/c1-23(2)20-35(21-24(3)4)13-6-11-33-17-15-32(16-18-33)10-5-12-34-14-9-26-27-19-25(30)7-8-28(27)31-29(26)22-34/h7-8,23-24H,5-6,9-22H2,1-4H3. The summed E-state index contributed by atoms with van der Waals surface area (Å²) in [6.45, 7) is 23.8. The second-order valence-electron chi connectivity index (χ2n) is 11.8. The molecule has 3 aliphatic heterocycles. The lowest BCUT2D eigenvalue weighted by Gasteiger charge is -2.36. The maximum absolute atomic E-state index is 6.28. The first-order valence-electron chi connectivity index (χ1n) is 14.1. The number of aliphatic imine (C=N–C) groups is 1. The van der Waals surface area contributed by atoms with E-state index in [-0.39, 0.29) is 0 Å². The normalized spacial score (nSPS) is 22.1. The molecule has 0 saturated carbocycles. The molecule has 0 aromatic rings. The number of hydrogen-bond acceptors (Lipinski definition) is 5. The molecule has 0 spiro atoms. The average molecular weight is 502 g/mol. The third-order valence-electron chi connectivity index (χ3n) is 7.71. The van der Waals surface area contributed by atoms with Gasteiger partial charge in [-0.1, -0.05) is 39.3 Å². The maximum Gasteiger partial charge on any atom is 0.0673 e. The van der Waals surface area contributed by atoms with Gasteiger partial charge >= 0.3 is 0 Å². The SMILES string of the molecule is CC(C)CN(CCCN1CCN(CCCN2CCC3=C4CC(Cl)=CC=C4N=C3C2)CC1)CC(C)C. The number of allylic oxidation sites excluding steroid dienone is 4. The molecule has 0 aromatic heterocycles. The van der Waals surface area contributed by atoms with Gasteiger partial charge in [0.25, 0.3) is 0 Å². The number of fused-ring (bicyclic) bond motifs is 2. The molecule has 2 saturated heterocycles. The smallest absolute Gasteiger partial charge is 0.0673 e. The van der Waals surface area contributed by atoms with Gasteiger partial charge in [-0.2, -0.15) is 0 Å². The van der Waals surface area contributed by atoms with E-state index in [4.69, 9.17) is 16.6 Å². The molecule has 4 aliphatic rings. The molecule has 5 nitrogen and oxygen atoms in total. The van der Waals surface area contributed by atoms with Crippen LogP contribution >= 0.6 is 11.6 Å². The van der Waals surface area contributed by atoms with Crippen molar-refractivity contribution in [2.45, 2.75) is 53.4 Å². The van der Waals surface area contributed by atoms with Crippen molar-refractivity contribution in [1.29, 1.82) is 0 Å². The molecule has 0 N–H and O–H groups in total. The largest absolute Gasteiger partial charge is 0.303 e. The van der Waals surface area contributed by atoms with Crippen molar-refractivity contribution in [2.24, 2.45) is 16.8 Å². The molecule has 0 radical (unpaired) electrons. The minimum Gasteiger partial charge on any atom is -0.303 e. The van der Waals surface area contributed by atoms with E-state index in [0.717, 1.165) is 48.5 Å². The van der Waals surface area contributed by atoms with E-state index < -0.39 is 0 Å². The van der Waals surface area contributed by atoms with E-state index in [1.54, 1.807) is 0 Å². The number of piperidine rings is 1. The van der Waals surface area contributed by atoms with Crippen LogP contribution in [-0.4, -0.2) is 104 Å². The van der Waals surface area contributed by atoms with Crippen molar-refractivity contribution in [3.8, 4) is 0 Å². The number of hydrogen-bond donors (Lipinski definition) is 0. The summed E-state index contributed by atoms with van der Waals surface area (Å²) >= 11 is 6.28. The van der Waals surface area contributed by atoms with Crippen molar-refractivity contribution in [3.63, 3.8) is 0 Å². The molecule has 0 amide bonds. The van der Waals surface area contributed by atoms with Crippen molar-refractivity contribution in [1.82, 2.24) is 19.6 Å². The molecular weight excluding hydrogens is 454 g/mol. The first-order chi connectivity index (χ1) is 16.9. The second-order valence-corrected chi connectivity index (χ2v) is 12.3. The van der Waals surface area contributed by atoms with Gasteiger partial charge in [0.05, 0.1) is 11.4 Å². The Hall–Kier alpha value is -0.980. The van der Waals surface area contributed by atoms with Crippen LogP contribution in [0.5, 0.6) is 0 Å². The topological polar surface area (TPSA) is 25.3 Å². The molecule has 0 unspecified atom stereocenters. The lowest BCUT2D eigenvalue weighted by Crippen LogP contribution is -2.47. The van der Waals surface area contributed by atoms with Crippen LogP contribution in [0.25, 0.3) is 0 Å². The number of likely N-dealkylation sites (tertiary alicyclic amines) is 1. The molecule has 0 bridgehead atoms. The summed E-state index contributed by atoms with van der Waals surface area (Å²) in [4.78, 5) is 15.6. The lowest BCUT2D eigenvalue weighted by atomic mass is 9.93. The van der Waals surface area contributed by atoms with Crippen LogP contribution in [0.4, 0.5) is 0 Å². The third-order valence-corrected chi connectivity index (χ3v) is 7.96. The summed E-state index contributed by atoms with van der Waals surface area (Å²) in [5.41, 5.74) is 5.32. The van der Waals surface area contributed by atoms with Crippen LogP contribution in [-0.2, 0) is 0 Å². The number of nitrogens with zero attached hydrogens (tertiary/aromatic N) is 5. The highest BCUT2D eigenvalue weighted by atomic mass is 35.5. The van der Waals surface area contributed by atoms with Gasteiger partial charge in [0, 0.05) is 63.8 Å². The van der Waals surface area contributed by atoms with E-state index >= 15 is 0 Å². The summed E-state index contributed by atoms with van der Waals surface area (Å²) in [6.07, 6.45) is 8.66. The summed E-state index contributed by atoms with van der Waals surface area (Å²) < 4.78 is 0. The van der Waals surface area contributed by atoms with Crippen LogP contribution in [0.1, 0.15) is 53.4 Å². The average Bonchev–Trinajstić information content (AvgIpc) is 3.16. The van der Waals surface area contributed by atoms with E-state index in [1.807, 2.05) is 6.08 Å². The Morgan fingerprint density at radius 2 is 1.46 bits per heavy atom. The second kappa shape index (κ2) is 13.0. The summed E-state index contributed by atoms with van der Waals surface area (Å²) in [7, 11) is 0. The monoisotopic (exact) mass is 501 g/mol. The van der Waals surface area contributed by atoms with Gasteiger partial charge < -0.3 is 14.7 Å². The fourth-order valence-electron chi connectivity index (χ4n) is 6.08. The lowest BCUT2D eigenvalue weighted by molar-refractivity contribution is 0.120. The van der Waals surface area contributed by atoms with Crippen molar-refractivity contribution >= 4 is 17.3 Å². The van der Waals surface area contributed by atoms with Gasteiger partial charge in [0.1, 0.15) is 0 Å². The Bertz CT molecular complexity index is 822. The summed E-state index contributed by atoms with van der Waals surface area (Å²) in [6, 6.07) is 0. The summed E-state index contributed by atoms with van der Waals surface area (Å²) in [5, 5.41) is 0.939. The Kier molecular flexibility index (Phi) is 10.1. The van der Waals surface area contributed by atoms with E-state index in [2.05, 4.69) is 53.4 Å². The molecule has 4 rings (SSSR count). The van der Waals surface area contributed by atoms with Gasteiger partial charge in [0.2, 0.25) is 0 Å². The molecule has 3 heterocycles. The van der Waals surface area contributed by atoms with E-state index in [1.165, 1.54) is 95.1 Å². The van der Waals surface area contributed by atoms with Gasteiger partial charge in [0.15, 0.2) is 0 Å². The number of halogens is 1. The van der Waals surface area contributed by atoms with Crippen LogP contribution < -0.4 is 0 Å². The van der Waals surface area contributed by atoms with Gasteiger partial charge in [-0.15, -0.1) is 0 Å². The molecule has 196 valence electrons. The molecule has 35 heavy (non-hydrogen) atoms. The highest BCUT2D eigenvalue weighted by Gasteiger charge is 2.30. The molecule has 0 aromatic carbocycles. The Balaban J connectivity index is 1.10. The predicted molar refractivity (Wildman–Crippen MR) is 150 cm³/mol. The first kappa shape index (κ1) is 27.1. The Labute approximate surface area is 219 Å². The molecule has 1 aliphatic carbocycles. The molecular formula is C29H48ClN5. The van der Waals surface area contributed by atoms with Crippen molar-refractivity contribution < 1.29 is 0 Å². The first-order valence-corrected chi connectivity index (χ1v) is 14.5. The zero-order valence-corrected chi connectivity index (χ0v) is 23.5. The van der Waals surface area contributed by atoms with Crippen LogP contribution in [0.2, 0.25) is 0 Å². The quantitative estimate of drug-likeness (QED) is 0.381. The van der Waals surface area contributed by atoms with Gasteiger partial charge in [-0.25, -0.2) is 0 Å². The third kappa shape index (κ3) is 8.00. The minimum atomic E-state index is 0.755. The van der Waals surface area contributed by atoms with Crippen LogP contribution in [0, 0.1) is 11.8 Å². The Morgan fingerprint density at radius 3 is 2.11 bits per heavy atom. The summed E-state index contributed by atoms with van der Waals surface area (Å²) in [5.74, 6) is 1.51. The molecule has 2 fully saturated rings. The van der Waals surface area contributed by atoms with Crippen molar-refractivity contribution in [2.75, 3.05) is 78.5 Å². The predicted octanol–water partition coefficient (Wildman–Crippen LogP) is 4.87. The molecule has 6 heteroatoms. The minimum absolute atomic E-state index is 0.755. The van der Waals surface area contributed by atoms with E-state index in [9.17, 15) is 0 Å². The number of piperazine rings is 1. The van der Waals surface area contributed by atoms with E-state index in [0.29, 0.717) is 0 Å². The number of rotatable bonds is 12. The van der Waals surface area contributed by atoms with Crippen LogP contribution in [0.15, 0.2) is 39.0 Å². The maximum atomic E-state index is 6.28. The highest BCUT2D eigenvalue weighted by molar-refractivity contribution is 6.30. The van der Waals surface area contributed by atoms with Crippen LogP contribution in [0.3, 0.4) is 0 Å². The Morgan fingerprint density at radius 1 is 0.829 bits per heavy atom. The zero-order chi connectivity index (χ0) is 24.8. The molecule has 0 atom stereocenters.